The number of nitrogens with one attached hydrogen (secondary N) is 2. The predicted molar refractivity (Wildman–Crippen MR) is 95.2 cm³/mol. The van der Waals surface area contributed by atoms with Gasteiger partial charge in [0, 0.05) is 32.6 Å². The van der Waals surface area contributed by atoms with E-state index < -0.39 is 23.2 Å². The summed E-state index contributed by atoms with van der Waals surface area (Å²) in [5, 5.41) is 15.7. The first-order valence-electron chi connectivity index (χ1n) is 9.21. The van der Waals surface area contributed by atoms with Crippen molar-refractivity contribution in [1.29, 1.82) is 0 Å². The van der Waals surface area contributed by atoms with Gasteiger partial charge in [-0.15, -0.1) is 0 Å². The molecule has 2 heterocycles. The minimum atomic E-state index is -0.942. The van der Waals surface area contributed by atoms with Crippen molar-refractivity contribution in [2.45, 2.75) is 31.8 Å². The van der Waals surface area contributed by atoms with Crippen LogP contribution in [-0.4, -0.2) is 60.0 Å². The number of carbonyl (C=O) groups is 3. The molecule has 1 aromatic carbocycles. The van der Waals surface area contributed by atoms with Crippen LogP contribution in [0.25, 0.3) is 0 Å². The molecule has 2 fully saturated rings. The molecule has 2 saturated heterocycles. The third-order valence-corrected chi connectivity index (χ3v) is 5.42. The van der Waals surface area contributed by atoms with Gasteiger partial charge in [-0.1, -0.05) is 12.1 Å². The number of aliphatic hydroxyl groups excluding tert-OH is 1. The number of likely N-dealkylation sites (tertiary alicyclic amines) is 1. The SMILES string of the molecule is O=C(NCCC(=O)N1CC[C@H](O)[C@@]2(CCCNC2=O)C1)c1ccccc1F. The molecule has 2 aliphatic rings. The summed E-state index contributed by atoms with van der Waals surface area (Å²) in [6, 6.07) is 5.65. The predicted octanol–water partition coefficient (Wildman–Crippen LogP) is 0.435. The van der Waals surface area contributed by atoms with Gasteiger partial charge in [-0.2, -0.15) is 0 Å². The maximum Gasteiger partial charge on any atom is 0.254 e. The van der Waals surface area contributed by atoms with Crippen LogP contribution in [0.1, 0.15) is 36.0 Å². The van der Waals surface area contributed by atoms with Crippen molar-refractivity contribution in [3.8, 4) is 0 Å². The number of nitrogens with zero attached hydrogens (tertiary/aromatic N) is 1. The first-order chi connectivity index (χ1) is 12.9. The zero-order valence-corrected chi connectivity index (χ0v) is 15.0. The average molecular weight is 377 g/mol. The molecule has 0 bridgehead atoms. The Balaban J connectivity index is 1.54. The highest BCUT2D eigenvalue weighted by Gasteiger charge is 2.50. The van der Waals surface area contributed by atoms with Crippen molar-refractivity contribution in [2.75, 3.05) is 26.2 Å². The van der Waals surface area contributed by atoms with E-state index in [0.29, 0.717) is 25.9 Å². The van der Waals surface area contributed by atoms with Crippen LogP contribution in [-0.2, 0) is 9.59 Å². The molecule has 0 unspecified atom stereocenters. The molecule has 2 aliphatic heterocycles. The molecule has 3 amide bonds. The molecule has 3 N–H and O–H groups in total. The van der Waals surface area contributed by atoms with Crippen LogP contribution in [0.15, 0.2) is 24.3 Å². The van der Waals surface area contributed by atoms with Gasteiger partial charge in [-0.05, 0) is 31.4 Å². The highest BCUT2D eigenvalue weighted by atomic mass is 19.1. The summed E-state index contributed by atoms with van der Waals surface area (Å²) in [5.74, 6) is -1.59. The Kier molecular flexibility index (Phi) is 5.74. The Hall–Kier alpha value is -2.48. The molecule has 0 radical (unpaired) electrons. The second-order valence-electron chi connectivity index (χ2n) is 7.12. The van der Waals surface area contributed by atoms with Crippen molar-refractivity contribution in [3.63, 3.8) is 0 Å². The summed E-state index contributed by atoms with van der Waals surface area (Å²) in [6.07, 6.45) is 0.953. The van der Waals surface area contributed by atoms with Crippen LogP contribution in [0.5, 0.6) is 0 Å². The summed E-state index contributed by atoms with van der Waals surface area (Å²) >= 11 is 0. The molecule has 27 heavy (non-hydrogen) atoms. The lowest BCUT2D eigenvalue weighted by Gasteiger charge is -2.46. The molecule has 0 aromatic heterocycles. The van der Waals surface area contributed by atoms with Gasteiger partial charge >= 0.3 is 0 Å². The second kappa shape index (κ2) is 8.04. The lowest BCUT2D eigenvalue weighted by molar-refractivity contribution is -0.154. The Bertz CT molecular complexity index is 741. The number of piperidine rings is 2. The van der Waals surface area contributed by atoms with Gasteiger partial charge in [0.2, 0.25) is 11.8 Å². The molecule has 7 nitrogen and oxygen atoms in total. The normalized spacial score (nSPS) is 25.2. The fraction of sp³-hybridized carbons (Fsp3) is 0.526. The minimum absolute atomic E-state index is 0.0496. The number of aliphatic hydroxyl groups is 1. The third kappa shape index (κ3) is 3.95. The monoisotopic (exact) mass is 377 g/mol. The highest BCUT2D eigenvalue weighted by molar-refractivity contribution is 5.94. The number of hydrogen-bond acceptors (Lipinski definition) is 4. The second-order valence-corrected chi connectivity index (χ2v) is 7.12. The Morgan fingerprint density at radius 1 is 1.37 bits per heavy atom. The molecule has 1 aromatic rings. The van der Waals surface area contributed by atoms with Crippen molar-refractivity contribution in [3.05, 3.63) is 35.6 Å². The molecule has 3 rings (SSSR count). The van der Waals surface area contributed by atoms with Crippen LogP contribution in [0, 0.1) is 11.2 Å². The number of benzene rings is 1. The van der Waals surface area contributed by atoms with Crippen molar-refractivity contribution < 1.29 is 23.9 Å². The van der Waals surface area contributed by atoms with Gasteiger partial charge in [0.1, 0.15) is 5.82 Å². The molecule has 0 saturated carbocycles. The molecule has 0 aliphatic carbocycles. The van der Waals surface area contributed by atoms with Gasteiger partial charge < -0.3 is 20.6 Å². The maximum absolute atomic E-state index is 13.6. The lowest BCUT2D eigenvalue weighted by Crippen LogP contribution is -2.62. The summed E-state index contributed by atoms with van der Waals surface area (Å²) in [6.45, 7) is 1.21. The molecule has 146 valence electrons. The fourth-order valence-corrected chi connectivity index (χ4v) is 3.84. The summed E-state index contributed by atoms with van der Waals surface area (Å²) in [4.78, 5) is 38.4. The van der Waals surface area contributed by atoms with Crippen LogP contribution in [0.2, 0.25) is 0 Å². The fourth-order valence-electron chi connectivity index (χ4n) is 3.84. The zero-order valence-electron chi connectivity index (χ0n) is 15.0. The first-order valence-corrected chi connectivity index (χ1v) is 9.21. The topological polar surface area (TPSA) is 98.7 Å². The van der Waals surface area contributed by atoms with Gasteiger partial charge in [-0.3, -0.25) is 14.4 Å². The van der Waals surface area contributed by atoms with E-state index in [1.807, 2.05) is 0 Å². The van der Waals surface area contributed by atoms with Gasteiger partial charge in [0.15, 0.2) is 0 Å². The van der Waals surface area contributed by atoms with Crippen LogP contribution >= 0.6 is 0 Å². The lowest BCUT2D eigenvalue weighted by atomic mass is 9.71. The van der Waals surface area contributed by atoms with Crippen LogP contribution in [0.4, 0.5) is 4.39 Å². The third-order valence-electron chi connectivity index (χ3n) is 5.42. The van der Waals surface area contributed by atoms with Gasteiger partial charge in [0.05, 0.1) is 17.1 Å². The molecular formula is C19H24FN3O4. The van der Waals surface area contributed by atoms with E-state index in [9.17, 15) is 23.9 Å². The Morgan fingerprint density at radius 2 is 2.15 bits per heavy atom. The maximum atomic E-state index is 13.6. The smallest absolute Gasteiger partial charge is 0.254 e. The first kappa shape index (κ1) is 19.3. The largest absolute Gasteiger partial charge is 0.392 e. The van der Waals surface area contributed by atoms with E-state index in [4.69, 9.17) is 0 Å². The van der Waals surface area contributed by atoms with Gasteiger partial charge in [0.25, 0.3) is 5.91 Å². The van der Waals surface area contributed by atoms with Gasteiger partial charge in [-0.25, -0.2) is 4.39 Å². The summed E-state index contributed by atoms with van der Waals surface area (Å²) < 4.78 is 13.6. The highest BCUT2D eigenvalue weighted by Crippen LogP contribution is 2.37. The number of halogens is 1. The summed E-state index contributed by atoms with van der Waals surface area (Å²) in [5.41, 5.74) is -1.01. The van der Waals surface area contributed by atoms with E-state index in [0.717, 1.165) is 6.42 Å². The number of rotatable bonds is 4. The van der Waals surface area contributed by atoms with E-state index in [-0.39, 0.29) is 36.9 Å². The zero-order chi connectivity index (χ0) is 19.4. The van der Waals surface area contributed by atoms with Crippen LogP contribution in [0.3, 0.4) is 0 Å². The molecule has 1 spiro atoms. The van der Waals surface area contributed by atoms with Crippen molar-refractivity contribution >= 4 is 17.7 Å². The van der Waals surface area contributed by atoms with Crippen LogP contribution < -0.4 is 10.6 Å². The number of carbonyl (C=O) groups excluding carboxylic acids is 3. The Morgan fingerprint density at radius 3 is 2.89 bits per heavy atom. The number of hydrogen-bond donors (Lipinski definition) is 3. The minimum Gasteiger partial charge on any atom is -0.392 e. The van der Waals surface area contributed by atoms with E-state index in [1.165, 1.54) is 18.2 Å². The van der Waals surface area contributed by atoms with Crippen molar-refractivity contribution in [1.82, 2.24) is 15.5 Å². The van der Waals surface area contributed by atoms with E-state index in [2.05, 4.69) is 10.6 Å². The number of amides is 3. The van der Waals surface area contributed by atoms with E-state index >= 15 is 0 Å². The quantitative estimate of drug-likeness (QED) is 0.709. The van der Waals surface area contributed by atoms with E-state index in [1.54, 1.807) is 11.0 Å². The average Bonchev–Trinajstić information content (AvgIpc) is 2.66. The summed E-state index contributed by atoms with van der Waals surface area (Å²) in [7, 11) is 0. The standard InChI is InChI=1S/C19H24FN3O4/c20-14-5-2-1-4-13(14)17(26)21-10-6-16(25)23-11-7-15(24)19(12-23)8-3-9-22-18(19)27/h1-2,4-5,15,24H,3,6-12H2,(H,21,26)(H,22,27)/t15-,19+/m0/s1. The molecular weight excluding hydrogens is 353 g/mol. The van der Waals surface area contributed by atoms with Crippen molar-refractivity contribution in [2.24, 2.45) is 5.41 Å². The molecule has 2 atom stereocenters. The Labute approximate surface area is 156 Å². The molecule has 8 heteroatoms.